The first kappa shape index (κ1) is 26.5. The van der Waals surface area contributed by atoms with E-state index in [4.69, 9.17) is 16.6 Å². The van der Waals surface area contributed by atoms with Crippen molar-refractivity contribution in [2.45, 2.75) is 18.8 Å². The van der Waals surface area contributed by atoms with Gasteiger partial charge in [0.2, 0.25) is 0 Å². The number of carbonyl (C=O) groups is 1. The van der Waals surface area contributed by atoms with E-state index in [-0.39, 0.29) is 16.4 Å². The number of carboxylic acids is 1. The lowest BCUT2D eigenvalue weighted by molar-refractivity contribution is 0.0698. The predicted molar refractivity (Wildman–Crippen MR) is 153 cm³/mol. The number of aromatic carboxylic acids is 1. The fourth-order valence-corrected chi connectivity index (χ4v) is 5.63. The van der Waals surface area contributed by atoms with Gasteiger partial charge in [0.1, 0.15) is 17.0 Å². The number of aryl methyl sites for hydroxylation is 1. The highest BCUT2D eigenvalue weighted by atomic mass is 35.5. The van der Waals surface area contributed by atoms with Crippen molar-refractivity contribution >= 4 is 28.9 Å². The first-order valence-corrected chi connectivity index (χ1v) is 13.8. The van der Waals surface area contributed by atoms with E-state index in [2.05, 4.69) is 37.6 Å². The van der Waals surface area contributed by atoms with Gasteiger partial charge in [-0.1, -0.05) is 48.0 Å². The Balaban J connectivity index is 1.35. The van der Waals surface area contributed by atoms with Crippen molar-refractivity contribution in [1.82, 2.24) is 35.2 Å². The maximum absolute atomic E-state index is 14.8. The molecule has 6 rings (SSSR count). The molecule has 0 amide bonds. The molecule has 0 saturated carbocycles. The van der Waals surface area contributed by atoms with Gasteiger partial charge in [-0.2, -0.15) is 4.68 Å². The highest BCUT2D eigenvalue weighted by Crippen LogP contribution is 2.34. The summed E-state index contributed by atoms with van der Waals surface area (Å²) in [5, 5.41) is 22.8. The van der Waals surface area contributed by atoms with E-state index in [0.29, 0.717) is 23.0 Å². The van der Waals surface area contributed by atoms with E-state index >= 15 is 0 Å². The number of rotatable bonds is 9. The van der Waals surface area contributed by atoms with Crippen LogP contribution in [-0.2, 0) is 6.42 Å². The number of hydrogen-bond acceptors (Lipinski definition) is 7. The Kier molecular flexibility index (Phi) is 7.36. The molecule has 2 N–H and O–H groups in total. The highest BCUT2D eigenvalue weighted by Gasteiger charge is 2.23. The summed E-state index contributed by atoms with van der Waals surface area (Å²) in [7, 11) is 0. The van der Waals surface area contributed by atoms with Gasteiger partial charge in [0.05, 0.1) is 29.2 Å². The molecule has 2 aromatic carbocycles. The van der Waals surface area contributed by atoms with Crippen molar-refractivity contribution < 1.29 is 14.3 Å². The van der Waals surface area contributed by atoms with Gasteiger partial charge in [0.25, 0.3) is 0 Å². The molecule has 0 spiro atoms. The average Bonchev–Trinajstić information content (AvgIpc) is 3.76. The standard InChI is InChI=1S/C29H21ClFN7O2S/c30-19-8-11-25(38-16-34-36-37-38)21(12-19)18-7-10-23(32-13-18)20(9-6-17-4-2-1-3-5-17)28-33-14-24(35-28)22-15-41-27(26(22)31)29(39)40/h1-5,7-8,10-16,20H,6,9H2,(H,33,35)(H,39,40)/t20-/m1/s1. The number of tetrazole rings is 1. The zero-order valence-corrected chi connectivity index (χ0v) is 22.8. The molecule has 0 unspecified atom stereocenters. The average molecular weight is 586 g/mol. The van der Waals surface area contributed by atoms with Gasteiger partial charge < -0.3 is 10.1 Å². The van der Waals surface area contributed by atoms with Gasteiger partial charge in [-0.3, -0.25) is 4.98 Å². The molecule has 0 saturated heterocycles. The molecule has 6 aromatic rings. The Hall–Kier alpha value is -4.74. The van der Waals surface area contributed by atoms with Crippen LogP contribution in [0.25, 0.3) is 28.1 Å². The topological polar surface area (TPSA) is 122 Å². The van der Waals surface area contributed by atoms with Crippen LogP contribution in [0, 0.1) is 5.82 Å². The van der Waals surface area contributed by atoms with Gasteiger partial charge >= 0.3 is 5.97 Å². The molecule has 9 nitrogen and oxygen atoms in total. The third-order valence-electron chi connectivity index (χ3n) is 6.71. The molecule has 0 bridgehead atoms. The highest BCUT2D eigenvalue weighted by molar-refractivity contribution is 7.12. The third-order valence-corrected chi connectivity index (χ3v) is 7.89. The lowest BCUT2D eigenvalue weighted by Gasteiger charge is -2.16. The minimum Gasteiger partial charge on any atom is -0.477 e. The summed E-state index contributed by atoms with van der Waals surface area (Å²) < 4.78 is 16.3. The second kappa shape index (κ2) is 11.4. The third kappa shape index (κ3) is 5.49. The number of hydrogen-bond donors (Lipinski definition) is 2. The quantitative estimate of drug-likeness (QED) is 0.200. The summed E-state index contributed by atoms with van der Waals surface area (Å²) in [6, 6.07) is 19.4. The Bertz CT molecular complexity index is 1810. The molecule has 4 heterocycles. The lowest BCUT2D eigenvalue weighted by Crippen LogP contribution is -2.08. The van der Waals surface area contributed by atoms with Crippen LogP contribution >= 0.6 is 22.9 Å². The predicted octanol–water partition coefficient (Wildman–Crippen LogP) is 6.43. The molecular formula is C29H21ClFN7O2S. The molecule has 41 heavy (non-hydrogen) atoms. The van der Waals surface area contributed by atoms with Crippen LogP contribution in [0.4, 0.5) is 4.39 Å². The maximum Gasteiger partial charge on any atom is 0.348 e. The van der Waals surface area contributed by atoms with Gasteiger partial charge in [0.15, 0.2) is 5.82 Å². The van der Waals surface area contributed by atoms with Gasteiger partial charge in [-0.15, -0.1) is 16.4 Å². The Labute approximate surface area is 242 Å². The number of nitrogens with zero attached hydrogens (tertiary/aromatic N) is 6. The number of imidazole rings is 1. The van der Waals surface area contributed by atoms with Crippen LogP contribution in [0.5, 0.6) is 0 Å². The number of aromatic amines is 1. The van der Waals surface area contributed by atoms with Gasteiger partial charge in [0, 0.05) is 33.3 Å². The maximum atomic E-state index is 14.8. The van der Waals surface area contributed by atoms with Crippen LogP contribution in [-0.4, -0.2) is 46.2 Å². The minimum absolute atomic E-state index is 0.173. The normalized spacial score (nSPS) is 12.0. The largest absolute Gasteiger partial charge is 0.477 e. The first-order valence-electron chi connectivity index (χ1n) is 12.6. The van der Waals surface area contributed by atoms with Crippen molar-refractivity contribution in [2.24, 2.45) is 0 Å². The second-order valence-corrected chi connectivity index (χ2v) is 10.6. The molecular weight excluding hydrogens is 565 g/mol. The molecule has 1 atom stereocenters. The SMILES string of the molecule is O=C(O)c1scc(-c2cnc([C@H](CCc3ccccc3)c3ccc(-c4cc(Cl)ccc4-n4cnnn4)cn3)[nH]2)c1F. The molecule has 0 radical (unpaired) electrons. The molecule has 204 valence electrons. The van der Waals surface area contributed by atoms with Crippen LogP contribution in [0.1, 0.15) is 39.1 Å². The summed E-state index contributed by atoms with van der Waals surface area (Å²) in [4.78, 5) is 23.6. The molecule has 0 aliphatic heterocycles. The number of nitrogens with one attached hydrogen (secondary N) is 1. The monoisotopic (exact) mass is 585 g/mol. The van der Waals surface area contributed by atoms with Gasteiger partial charge in [-0.05, 0) is 53.1 Å². The van der Waals surface area contributed by atoms with Crippen molar-refractivity contribution in [3.05, 3.63) is 118 Å². The zero-order valence-electron chi connectivity index (χ0n) is 21.3. The number of benzene rings is 2. The smallest absolute Gasteiger partial charge is 0.348 e. The molecule has 0 aliphatic rings. The Morgan fingerprint density at radius 3 is 2.63 bits per heavy atom. The summed E-state index contributed by atoms with van der Waals surface area (Å²) in [5.41, 5.74) is 4.91. The van der Waals surface area contributed by atoms with Crippen molar-refractivity contribution in [2.75, 3.05) is 0 Å². The van der Waals surface area contributed by atoms with Gasteiger partial charge in [-0.25, -0.2) is 14.2 Å². The molecule has 12 heteroatoms. The van der Waals surface area contributed by atoms with E-state index in [1.54, 1.807) is 16.9 Å². The summed E-state index contributed by atoms with van der Waals surface area (Å²) >= 11 is 7.16. The minimum atomic E-state index is -1.30. The van der Waals surface area contributed by atoms with Crippen molar-refractivity contribution in [1.29, 1.82) is 0 Å². The second-order valence-electron chi connectivity index (χ2n) is 9.24. The first-order chi connectivity index (χ1) is 20.0. The van der Waals surface area contributed by atoms with Crippen molar-refractivity contribution in [3.63, 3.8) is 0 Å². The Morgan fingerprint density at radius 2 is 1.93 bits per heavy atom. The molecule has 4 aromatic heterocycles. The van der Waals surface area contributed by atoms with E-state index in [9.17, 15) is 14.3 Å². The summed E-state index contributed by atoms with van der Waals surface area (Å²) in [6.07, 6.45) is 6.26. The van der Waals surface area contributed by atoms with E-state index in [1.165, 1.54) is 23.5 Å². The summed E-state index contributed by atoms with van der Waals surface area (Å²) in [5.74, 6) is -1.71. The fourth-order valence-electron chi connectivity index (χ4n) is 4.68. The molecule has 0 fully saturated rings. The van der Waals surface area contributed by atoms with Crippen molar-refractivity contribution in [3.8, 4) is 28.1 Å². The van der Waals surface area contributed by atoms with E-state index in [1.807, 2.05) is 42.5 Å². The number of pyridine rings is 1. The number of halogens is 2. The lowest BCUT2D eigenvalue weighted by atomic mass is 9.94. The van der Waals surface area contributed by atoms with Crippen LogP contribution < -0.4 is 0 Å². The number of aromatic nitrogens is 7. The number of carboxylic acid groups (broad SMARTS) is 1. The molecule has 0 aliphatic carbocycles. The fraction of sp³-hybridized carbons (Fsp3) is 0.103. The Morgan fingerprint density at radius 1 is 1.07 bits per heavy atom. The summed E-state index contributed by atoms with van der Waals surface area (Å²) in [6.45, 7) is 0. The van der Waals surface area contributed by atoms with E-state index in [0.717, 1.165) is 40.3 Å². The number of thiophene rings is 1. The number of H-pyrrole nitrogens is 1. The van der Waals surface area contributed by atoms with Crippen LogP contribution in [0.2, 0.25) is 5.02 Å². The zero-order chi connectivity index (χ0) is 28.3. The van der Waals surface area contributed by atoms with E-state index < -0.39 is 11.8 Å². The van der Waals surface area contributed by atoms with Crippen LogP contribution in [0.15, 0.2) is 84.8 Å². The van der Waals surface area contributed by atoms with Crippen LogP contribution in [0.3, 0.4) is 0 Å².